The second kappa shape index (κ2) is 6.40. The Morgan fingerprint density at radius 3 is 2.28 bits per heavy atom. The molecule has 4 bridgehead atoms. The van der Waals surface area contributed by atoms with Crippen molar-refractivity contribution >= 4 is 17.8 Å². The van der Waals surface area contributed by atoms with Crippen LogP contribution in [0.4, 0.5) is 4.39 Å². The molecule has 132 valence electrons. The molecular formula is C21H23FO3. The quantitative estimate of drug-likeness (QED) is 0.596. The molecule has 5 rings (SSSR count). The van der Waals surface area contributed by atoms with E-state index in [0.717, 1.165) is 19.3 Å². The first-order valence-corrected chi connectivity index (χ1v) is 9.17. The summed E-state index contributed by atoms with van der Waals surface area (Å²) in [6.45, 7) is -0.160. The average Bonchev–Trinajstić information content (AvgIpc) is 2.57. The Balaban J connectivity index is 1.34. The lowest BCUT2D eigenvalue weighted by Gasteiger charge is -2.55. The van der Waals surface area contributed by atoms with Crippen molar-refractivity contribution in [2.75, 3.05) is 6.61 Å². The first-order chi connectivity index (χ1) is 12.0. The molecule has 0 N–H and O–H groups in total. The van der Waals surface area contributed by atoms with Gasteiger partial charge in [0.15, 0.2) is 12.4 Å². The molecule has 4 saturated carbocycles. The summed E-state index contributed by atoms with van der Waals surface area (Å²) in [5.41, 5.74) is 0.0800. The number of carbonyl (C=O) groups is 2. The van der Waals surface area contributed by atoms with Gasteiger partial charge in [0, 0.05) is 17.1 Å². The molecule has 1 aromatic rings. The molecule has 1 aromatic carbocycles. The number of ketones is 1. The van der Waals surface area contributed by atoms with E-state index >= 15 is 0 Å². The van der Waals surface area contributed by atoms with E-state index in [0.29, 0.717) is 23.3 Å². The number of carbonyl (C=O) groups excluding carboxylic acids is 2. The van der Waals surface area contributed by atoms with Crippen LogP contribution in [0.25, 0.3) is 6.08 Å². The molecule has 0 aromatic heterocycles. The van der Waals surface area contributed by atoms with Gasteiger partial charge in [-0.05, 0) is 68.4 Å². The number of rotatable bonds is 5. The SMILES string of the molecule is O=C(/C=C/c1ccccc1F)OCC(=O)C12CC3CC(CC(C3)C1)C2. The van der Waals surface area contributed by atoms with Gasteiger partial charge in [-0.25, -0.2) is 9.18 Å². The van der Waals surface area contributed by atoms with Crippen LogP contribution in [-0.4, -0.2) is 18.4 Å². The van der Waals surface area contributed by atoms with Gasteiger partial charge >= 0.3 is 5.97 Å². The molecule has 0 aliphatic heterocycles. The maximum absolute atomic E-state index is 13.5. The van der Waals surface area contributed by atoms with E-state index < -0.39 is 11.8 Å². The monoisotopic (exact) mass is 342 g/mol. The molecular weight excluding hydrogens is 319 g/mol. The first-order valence-electron chi connectivity index (χ1n) is 9.17. The Kier molecular flexibility index (Phi) is 4.22. The molecule has 0 unspecified atom stereocenters. The molecule has 25 heavy (non-hydrogen) atoms. The summed E-state index contributed by atoms with van der Waals surface area (Å²) >= 11 is 0. The van der Waals surface area contributed by atoms with E-state index in [9.17, 15) is 14.0 Å². The number of hydrogen-bond donors (Lipinski definition) is 0. The van der Waals surface area contributed by atoms with Crippen LogP contribution in [0.15, 0.2) is 30.3 Å². The zero-order chi connectivity index (χ0) is 17.4. The molecule has 0 spiro atoms. The van der Waals surface area contributed by atoms with Gasteiger partial charge in [0.25, 0.3) is 0 Å². The number of esters is 1. The molecule has 4 aliphatic carbocycles. The Labute approximate surface area is 147 Å². The van der Waals surface area contributed by atoms with Gasteiger partial charge in [0.05, 0.1) is 0 Å². The van der Waals surface area contributed by atoms with Crippen LogP contribution in [0.5, 0.6) is 0 Å². The predicted molar refractivity (Wildman–Crippen MR) is 92.0 cm³/mol. The van der Waals surface area contributed by atoms with Crippen molar-refractivity contribution < 1.29 is 18.7 Å². The summed E-state index contributed by atoms with van der Waals surface area (Å²) in [6, 6.07) is 6.21. The number of hydrogen-bond acceptors (Lipinski definition) is 3. The minimum atomic E-state index is -0.596. The normalized spacial score (nSPS) is 32.9. The number of Topliss-reactive ketones (excluding diaryl/α,β-unsaturated/α-hetero) is 1. The zero-order valence-electron chi connectivity index (χ0n) is 14.2. The van der Waals surface area contributed by atoms with Gasteiger partial charge in [0.1, 0.15) is 5.82 Å². The van der Waals surface area contributed by atoms with Crippen molar-refractivity contribution in [2.24, 2.45) is 23.2 Å². The van der Waals surface area contributed by atoms with Crippen LogP contribution in [0.2, 0.25) is 0 Å². The average molecular weight is 342 g/mol. The third-order valence-electron chi connectivity index (χ3n) is 6.28. The van der Waals surface area contributed by atoms with Crippen molar-refractivity contribution in [3.63, 3.8) is 0 Å². The van der Waals surface area contributed by atoms with Crippen LogP contribution in [-0.2, 0) is 14.3 Å². The van der Waals surface area contributed by atoms with Crippen molar-refractivity contribution in [2.45, 2.75) is 38.5 Å². The largest absolute Gasteiger partial charge is 0.455 e. The smallest absolute Gasteiger partial charge is 0.331 e. The number of benzene rings is 1. The maximum atomic E-state index is 13.5. The van der Waals surface area contributed by atoms with Crippen LogP contribution in [0.1, 0.15) is 44.1 Å². The van der Waals surface area contributed by atoms with Gasteiger partial charge in [-0.2, -0.15) is 0 Å². The highest BCUT2D eigenvalue weighted by Gasteiger charge is 2.54. The summed E-state index contributed by atoms with van der Waals surface area (Å²) in [5, 5.41) is 0. The third kappa shape index (κ3) is 3.26. The lowest BCUT2D eigenvalue weighted by atomic mass is 9.48. The molecule has 0 radical (unpaired) electrons. The Hall–Kier alpha value is -1.97. The fraction of sp³-hybridized carbons (Fsp3) is 0.524. The number of halogens is 1. The first kappa shape index (κ1) is 16.5. The van der Waals surface area contributed by atoms with E-state index in [1.54, 1.807) is 18.2 Å². The molecule has 4 fully saturated rings. The zero-order valence-corrected chi connectivity index (χ0v) is 14.2. The van der Waals surface area contributed by atoms with E-state index in [2.05, 4.69) is 0 Å². The number of ether oxygens (including phenoxy) is 1. The lowest BCUT2D eigenvalue weighted by Crippen LogP contribution is -2.51. The van der Waals surface area contributed by atoms with E-state index in [-0.39, 0.29) is 17.8 Å². The Bertz CT molecular complexity index is 686. The van der Waals surface area contributed by atoms with E-state index in [4.69, 9.17) is 4.74 Å². The highest BCUT2D eigenvalue weighted by Crippen LogP contribution is 2.60. The van der Waals surface area contributed by atoms with Crippen LogP contribution in [0.3, 0.4) is 0 Å². The fourth-order valence-electron chi connectivity index (χ4n) is 5.56. The molecule has 4 aliphatic rings. The van der Waals surface area contributed by atoms with Gasteiger partial charge in [-0.15, -0.1) is 0 Å². The molecule has 0 amide bonds. The second-order valence-corrected chi connectivity index (χ2v) is 8.08. The van der Waals surface area contributed by atoms with Crippen LogP contribution >= 0.6 is 0 Å². The minimum Gasteiger partial charge on any atom is -0.455 e. The maximum Gasteiger partial charge on any atom is 0.331 e. The Morgan fingerprint density at radius 1 is 1.08 bits per heavy atom. The van der Waals surface area contributed by atoms with Gasteiger partial charge < -0.3 is 4.74 Å². The van der Waals surface area contributed by atoms with Crippen molar-refractivity contribution in [1.82, 2.24) is 0 Å². The standard InChI is InChI=1S/C21H23FO3/c22-18-4-2-1-3-17(18)5-6-20(24)25-13-19(23)21-10-14-7-15(11-21)9-16(8-14)12-21/h1-6,14-16H,7-13H2/b6-5+. The second-order valence-electron chi connectivity index (χ2n) is 8.08. The summed E-state index contributed by atoms with van der Waals surface area (Å²) in [7, 11) is 0. The van der Waals surface area contributed by atoms with Crippen molar-refractivity contribution in [3.05, 3.63) is 41.7 Å². The lowest BCUT2D eigenvalue weighted by molar-refractivity contribution is -0.155. The van der Waals surface area contributed by atoms with Gasteiger partial charge in [-0.3, -0.25) is 4.79 Å². The predicted octanol–water partition coefficient (Wildman–Crippen LogP) is 4.17. The summed E-state index contributed by atoms with van der Waals surface area (Å²) in [4.78, 5) is 24.6. The summed E-state index contributed by atoms with van der Waals surface area (Å²) in [6.07, 6.45) is 9.31. The molecule has 0 heterocycles. The van der Waals surface area contributed by atoms with Crippen molar-refractivity contribution in [3.8, 4) is 0 Å². The topological polar surface area (TPSA) is 43.4 Å². The Morgan fingerprint density at radius 2 is 1.68 bits per heavy atom. The molecule has 0 atom stereocenters. The highest BCUT2D eigenvalue weighted by molar-refractivity contribution is 5.91. The van der Waals surface area contributed by atoms with Gasteiger partial charge in [-0.1, -0.05) is 18.2 Å². The summed E-state index contributed by atoms with van der Waals surface area (Å²) < 4.78 is 18.7. The minimum absolute atomic E-state index is 0.0826. The van der Waals surface area contributed by atoms with Gasteiger partial charge in [0.2, 0.25) is 0 Å². The third-order valence-corrected chi connectivity index (χ3v) is 6.28. The molecule has 0 saturated heterocycles. The summed E-state index contributed by atoms with van der Waals surface area (Å²) in [5.74, 6) is 1.15. The van der Waals surface area contributed by atoms with Crippen LogP contribution < -0.4 is 0 Å². The van der Waals surface area contributed by atoms with Crippen LogP contribution in [0, 0.1) is 29.0 Å². The fourth-order valence-corrected chi connectivity index (χ4v) is 5.56. The molecule has 4 heteroatoms. The highest BCUT2D eigenvalue weighted by atomic mass is 19.1. The van der Waals surface area contributed by atoms with E-state index in [1.807, 2.05) is 0 Å². The van der Waals surface area contributed by atoms with Crippen molar-refractivity contribution in [1.29, 1.82) is 0 Å². The molecule has 3 nitrogen and oxygen atoms in total. The van der Waals surface area contributed by atoms with E-state index in [1.165, 1.54) is 37.5 Å².